The van der Waals surface area contributed by atoms with Crippen LogP contribution in [0.15, 0.2) is 0 Å². The number of hydrogen-bond donors (Lipinski definition) is 1. The first-order valence-electron chi connectivity index (χ1n) is 4.90. The van der Waals surface area contributed by atoms with Gasteiger partial charge in [-0.05, 0) is 13.3 Å². The van der Waals surface area contributed by atoms with Gasteiger partial charge in [-0.2, -0.15) is 0 Å². The van der Waals surface area contributed by atoms with Crippen molar-refractivity contribution in [1.82, 2.24) is 0 Å². The Morgan fingerprint density at radius 2 is 1.80 bits per heavy atom. The number of methoxy groups -OCH3 is 1. The van der Waals surface area contributed by atoms with E-state index in [-0.39, 0.29) is 5.92 Å². The van der Waals surface area contributed by atoms with Crippen LogP contribution in [0.25, 0.3) is 0 Å². The standard InChI is InChI=1S/C10H18O5/c1-5-6(2)8(10(13)14-4)15-9(12)7(3)11/h6-8,11H,5H2,1-4H3. The molecule has 0 rings (SSSR count). The molecule has 0 saturated carbocycles. The molecule has 0 aromatic heterocycles. The molecule has 0 aliphatic heterocycles. The molecule has 0 aromatic rings. The van der Waals surface area contributed by atoms with Gasteiger partial charge in [-0.1, -0.05) is 13.8 Å². The van der Waals surface area contributed by atoms with Crippen LogP contribution in [0.1, 0.15) is 27.2 Å². The van der Waals surface area contributed by atoms with Crippen molar-refractivity contribution >= 4 is 11.9 Å². The Labute approximate surface area is 89.4 Å². The predicted octanol–water partition coefficient (Wildman–Crippen LogP) is 0.498. The first-order valence-corrected chi connectivity index (χ1v) is 4.90. The zero-order chi connectivity index (χ0) is 12.0. The zero-order valence-electron chi connectivity index (χ0n) is 9.52. The summed E-state index contributed by atoms with van der Waals surface area (Å²) in [6, 6.07) is 0. The summed E-state index contributed by atoms with van der Waals surface area (Å²) >= 11 is 0. The molecule has 0 radical (unpaired) electrons. The summed E-state index contributed by atoms with van der Waals surface area (Å²) in [4.78, 5) is 22.4. The molecule has 0 aromatic carbocycles. The minimum Gasteiger partial charge on any atom is -0.466 e. The number of esters is 2. The second-order valence-corrected chi connectivity index (χ2v) is 3.44. The van der Waals surface area contributed by atoms with Gasteiger partial charge < -0.3 is 14.6 Å². The van der Waals surface area contributed by atoms with Crippen LogP contribution < -0.4 is 0 Å². The molecule has 15 heavy (non-hydrogen) atoms. The summed E-state index contributed by atoms with van der Waals surface area (Å²) in [5.41, 5.74) is 0. The minimum atomic E-state index is -1.23. The van der Waals surface area contributed by atoms with Gasteiger partial charge in [-0.25, -0.2) is 9.59 Å². The van der Waals surface area contributed by atoms with E-state index in [0.717, 1.165) is 0 Å². The summed E-state index contributed by atoms with van der Waals surface area (Å²) in [5.74, 6) is -1.55. The maximum Gasteiger partial charge on any atom is 0.347 e. The van der Waals surface area contributed by atoms with E-state index in [2.05, 4.69) is 4.74 Å². The van der Waals surface area contributed by atoms with E-state index < -0.39 is 24.1 Å². The number of ether oxygens (including phenoxy) is 2. The first-order chi connectivity index (χ1) is 6.93. The maximum atomic E-state index is 11.3. The molecule has 0 aliphatic rings. The lowest BCUT2D eigenvalue weighted by atomic mass is 10.0. The van der Waals surface area contributed by atoms with E-state index in [9.17, 15) is 9.59 Å². The molecular weight excluding hydrogens is 200 g/mol. The minimum absolute atomic E-state index is 0.139. The lowest BCUT2D eigenvalue weighted by Gasteiger charge is -2.21. The number of carbonyl (C=O) groups is 2. The Kier molecular flexibility index (Phi) is 5.93. The average Bonchev–Trinajstić information content (AvgIpc) is 2.23. The van der Waals surface area contributed by atoms with Crippen molar-refractivity contribution in [2.24, 2.45) is 5.92 Å². The normalized spacial score (nSPS) is 16.3. The fourth-order valence-corrected chi connectivity index (χ4v) is 0.950. The highest BCUT2D eigenvalue weighted by atomic mass is 16.6. The first kappa shape index (κ1) is 13.9. The van der Waals surface area contributed by atoms with Crippen molar-refractivity contribution in [3.63, 3.8) is 0 Å². The summed E-state index contributed by atoms with van der Waals surface area (Å²) < 4.78 is 9.37. The Morgan fingerprint density at radius 1 is 1.27 bits per heavy atom. The SMILES string of the molecule is CCC(C)C(OC(=O)C(C)O)C(=O)OC. The number of hydrogen-bond acceptors (Lipinski definition) is 5. The van der Waals surface area contributed by atoms with Crippen molar-refractivity contribution in [3.05, 3.63) is 0 Å². The van der Waals surface area contributed by atoms with Gasteiger partial charge in [0.1, 0.15) is 6.10 Å². The van der Waals surface area contributed by atoms with Gasteiger partial charge in [0.05, 0.1) is 7.11 Å². The van der Waals surface area contributed by atoms with Crippen molar-refractivity contribution in [3.8, 4) is 0 Å². The number of aliphatic hydroxyl groups is 1. The van der Waals surface area contributed by atoms with Crippen LogP contribution in [0.3, 0.4) is 0 Å². The molecule has 5 heteroatoms. The number of rotatable bonds is 5. The second-order valence-electron chi connectivity index (χ2n) is 3.44. The van der Waals surface area contributed by atoms with Crippen LogP contribution in [-0.2, 0) is 19.1 Å². The van der Waals surface area contributed by atoms with Crippen LogP contribution in [0, 0.1) is 5.92 Å². The van der Waals surface area contributed by atoms with Crippen LogP contribution in [0.5, 0.6) is 0 Å². The maximum absolute atomic E-state index is 11.3. The van der Waals surface area contributed by atoms with E-state index in [1.165, 1.54) is 14.0 Å². The number of carbonyl (C=O) groups excluding carboxylic acids is 2. The Morgan fingerprint density at radius 3 is 2.13 bits per heavy atom. The van der Waals surface area contributed by atoms with Gasteiger partial charge >= 0.3 is 11.9 Å². The highest BCUT2D eigenvalue weighted by Crippen LogP contribution is 2.13. The lowest BCUT2D eigenvalue weighted by molar-refractivity contribution is -0.174. The third kappa shape index (κ3) is 4.29. The molecule has 3 unspecified atom stereocenters. The molecule has 5 nitrogen and oxygen atoms in total. The van der Waals surface area contributed by atoms with Crippen molar-refractivity contribution in [1.29, 1.82) is 0 Å². The van der Waals surface area contributed by atoms with Crippen molar-refractivity contribution < 1.29 is 24.2 Å². The van der Waals surface area contributed by atoms with Crippen LogP contribution >= 0.6 is 0 Å². The van der Waals surface area contributed by atoms with Crippen LogP contribution in [-0.4, -0.2) is 36.4 Å². The van der Waals surface area contributed by atoms with Crippen LogP contribution in [0.4, 0.5) is 0 Å². The fourth-order valence-electron chi connectivity index (χ4n) is 0.950. The molecule has 0 saturated heterocycles. The van der Waals surface area contributed by atoms with Crippen molar-refractivity contribution in [2.45, 2.75) is 39.4 Å². The molecule has 3 atom stereocenters. The molecule has 1 N–H and O–H groups in total. The molecule has 0 heterocycles. The largest absolute Gasteiger partial charge is 0.466 e. The fraction of sp³-hybridized carbons (Fsp3) is 0.800. The molecule has 88 valence electrons. The third-order valence-corrected chi connectivity index (χ3v) is 2.18. The van der Waals surface area contributed by atoms with Crippen LogP contribution in [0.2, 0.25) is 0 Å². The third-order valence-electron chi connectivity index (χ3n) is 2.18. The Hall–Kier alpha value is -1.10. The summed E-state index contributed by atoms with van der Waals surface area (Å²) in [7, 11) is 1.23. The second kappa shape index (κ2) is 6.40. The van der Waals surface area contributed by atoms with Gasteiger partial charge in [-0.3, -0.25) is 0 Å². The highest BCUT2D eigenvalue weighted by Gasteiger charge is 2.30. The van der Waals surface area contributed by atoms with E-state index in [1.54, 1.807) is 6.92 Å². The highest BCUT2D eigenvalue weighted by molar-refractivity contribution is 5.81. The van der Waals surface area contributed by atoms with Crippen molar-refractivity contribution in [2.75, 3.05) is 7.11 Å². The smallest absolute Gasteiger partial charge is 0.347 e. The Bertz CT molecular complexity index is 224. The van der Waals surface area contributed by atoms with E-state index in [4.69, 9.17) is 9.84 Å². The van der Waals surface area contributed by atoms with Gasteiger partial charge in [-0.15, -0.1) is 0 Å². The predicted molar refractivity (Wildman–Crippen MR) is 53.0 cm³/mol. The molecule has 0 fully saturated rings. The summed E-state index contributed by atoms with van der Waals surface area (Å²) in [5, 5.41) is 8.95. The summed E-state index contributed by atoms with van der Waals surface area (Å²) in [6.07, 6.45) is -1.50. The quantitative estimate of drug-likeness (QED) is 0.680. The van der Waals surface area contributed by atoms with E-state index >= 15 is 0 Å². The Balaban J connectivity index is 4.51. The monoisotopic (exact) mass is 218 g/mol. The van der Waals surface area contributed by atoms with Gasteiger partial charge in [0.15, 0.2) is 0 Å². The van der Waals surface area contributed by atoms with Gasteiger partial charge in [0.25, 0.3) is 0 Å². The van der Waals surface area contributed by atoms with E-state index in [1.807, 2.05) is 6.92 Å². The molecular formula is C10H18O5. The molecule has 0 bridgehead atoms. The lowest BCUT2D eigenvalue weighted by Crippen LogP contribution is -2.36. The van der Waals surface area contributed by atoms with Gasteiger partial charge in [0.2, 0.25) is 6.10 Å². The summed E-state index contributed by atoms with van der Waals surface area (Å²) in [6.45, 7) is 4.93. The van der Waals surface area contributed by atoms with E-state index in [0.29, 0.717) is 6.42 Å². The molecule has 0 aliphatic carbocycles. The van der Waals surface area contributed by atoms with Gasteiger partial charge in [0, 0.05) is 5.92 Å². The number of aliphatic hydroxyl groups excluding tert-OH is 1. The average molecular weight is 218 g/mol. The zero-order valence-corrected chi connectivity index (χ0v) is 9.52. The molecule has 0 spiro atoms. The topological polar surface area (TPSA) is 72.8 Å². The molecule has 0 amide bonds.